The summed E-state index contributed by atoms with van der Waals surface area (Å²) in [5.41, 5.74) is 3.29. The molecule has 0 radical (unpaired) electrons. The lowest BCUT2D eigenvalue weighted by Crippen LogP contribution is -2.40. The lowest BCUT2D eigenvalue weighted by Gasteiger charge is -2.32. The molecule has 2 saturated heterocycles. The fourth-order valence-corrected chi connectivity index (χ4v) is 5.43. The van der Waals surface area contributed by atoms with Crippen LogP contribution in [0.3, 0.4) is 0 Å². The molecule has 0 spiro atoms. The van der Waals surface area contributed by atoms with E-state index in [1.807, 2.05) is 36.0 Å². The summed E-state index contributed by atoms with van der Waals surface area (Å²) in [6, 6.07) is 8.59. The lowest BCUT2D eigenvalue weighted by atomic mass is 9.96. The van der Waals surface area contributed by atoms with Crippen molar-refractivity contribution >= 4 is 28.4 Å². The molecule has 9 nitrogen and oxygen atoms in total. The fraction of sp³-hybridized carbons (Fsp3) is 0.483. The zero-order valence-corrected chi connectivity index (χ0v) is 22.6. The molecule has 1 aromatic heterocycles. The van der Waals surface area contributed by atoms with Gasteiger partial charge in [0.05, 0.1) is 30.9 Å². The van der Waals surface area contributed by atoms with Crippen molar-refractivity contribution in [1.82, 2.24) is 20.0 Å². The second kappa shape index (κ2) is 12.1. The Balaban J connectivity index is 1.18. The molecular weight excluding hydrogens is 501 g/mol. The SMILES string of the molecule is COCCNC(=O)c1ccc2nn(CC3CCN(C(=O)c4ccc(N5CCOCC5)cc4F)CC3)cc2c1C. The van der Waals surface area contributed by atoms with Crippen LogP contribution >= 0.6 is 0 Å². The predicted molar refractivity (Wildman–Crippen MR) is 147 cm³/mol. The van der Waals surface area contributed by atoms with E-state index in [1.165, 1.54) is 6.07 Å². The summed E-state index contributed by atoms with van der Waals surface area (Å²) in [4.78, 5) is 29.5. The Labute approximate surface area is 227 Å². The number of morpholine rings is 1. The number of aryl methyl sites for hydroxylation is 1. The van der Waals surface area contributed by atoms with Crippen LogP contribution in [0.2, 0.25) is 0 Å². The Morgan fingerprint density at radius 2 is 1.85 bits per heavy atom. The molecule has 3 heterocycles. The van der Waals surface area contributed by atoms with Crippen LogP contribution in [-0.4, -0.2) is 86.1 Å². The molecule has 208 valence electrons. The number of rotatable bonds is 8. The molecule has 2 fully saturated rings. The highest BCUT2D eigenvalue weighted by Crippen LogP contribution is 2.26. The smallest absolute Gasteiger partial charge is 0.256 e. The van der Waals surface area contributed by atoms with Crippen LogP contribution in [0.25, 0.3) is 10.9 Å². The molecule has 0 bridgehead atoms. The number of halogens is 1. The molecular formula is C29H36FN5O4. The Hall–Kier alpha value is -3.50. The summed E-state index contributed by atoms with van der Waals surface area (Å²) in [7, 11) is 1.60. The first-order valence-corrected chi connectivity index (χ1v) is 13.6. The summed E-state index contributed by atoms with van der Waals surface area (Å²) < 4.78 is 27.2. The quantitative estimate of drug-likeness (QED) is 0.444. The van der Waals surface area contributed by atoms with Crippen LogP contribution < -0.4 is 10.2 Å². The Bertz CT molecular complexity index is 1330. The van der Waals surface area contributed by atoms with Gasteiger partial charge < -0.3 is 24.6 Å². The average molecular weight is 538 g/mol. The van der Waals surface area contributed by atoms with Crippen LogP contribution in [0.5, 0.6) is 0 Å². The van der Waals surface area contributed by atoms with E-state index in [1.54, 1.807) is 18.1 Å². The van der Waals surface area contributed by atoms with Gasteiger partial charge in [0.2, 0.25) is 0 Å². The van der Waals surface area contributed by atoms with Gasteiger partial charge in [-0.1, -0.05) is 0 Å². The van der Waals surface area contributed by atoms with Crippen molar-refractivity contribution in [1.29, 1.82) is 0 Å². The summed E-state index contributed by atoms with van der Waals surface area (Å²) in [6.07, 6.45) is 3.64. The Morgan fingerprint density at radius 3 is 2.56 bits per heavy atom. The van der Waals surface area contributed by atoms with E-state index in [0.717, 1.165) is 54.6 Å². The van der Waals surface area contributed by atoms with Crippen LogP contribution in [0.4, 0.5) is 10.1 Å². The highest BCUT2D eigenvalue weighted by atomic mass is 19.1. The first-order valence-electron chi connectivity index (χ1n) is 13.6. The van der Waals surface area contributed by atoms with Crippen molar-refractivity contribution in [3.05, 3.63) is 59.0 Å². The normalized spacial score (nSPS) is 16.6. The minimum atomic E-state index is -0.475. The van der Waals surface area contributed by atoms with Gasteiger partial charge >= 0.3 is 0 Å². The van der Waals surface area contributed by atoms with E-state index in [2.05, 4.69) is 10.2 Å². The molecule has 39 heavy (non-hydrogen) atoms. The van der Waals surface area contributed by atoms with Crippen molar-refractivity contribution in [3.8, 4) is 0 Å². The molecule has 5 rings (SSSR count). The number of ether oxygens (including phenoxy) is 2. The summed E-state index contributed by atoms with van der Waals surface area (Å²) in [5.74, 6) is -0.495. The third-order valence-corrected chi connectivity index (χ3v) is 7.75. The van der Waals surface area contributed by atoms with Crippen LogP contribution in [-0.2, 0) is 16.0 Å². The first-order chi connectivity index (χ1) is 18.9. The van der Waals surface area contributed by atoms with Crippen molar-refractivity contribution in [2.75, 3.05) is 64.6 Å². The zero-order chi connectivity index (χ0) is 27.4. The van der Waals surface area contributed by atoms with Gasteiger partial charge in [-0.15, -0.1) is 0 Å². The molecule has 2 amide bonds. The topological polar surface area (TPSA) is 88.9 Å². The maximum Gasteiger partial charge on any atom is 0.256 e. The number of aromatic nitrogens is 2. The number of piperidine rings is 1. The van der Waals surface area contributed by atoms with E-state index in [9.17, 15) is 14.0 Å². The van der Waals surface area contributed by atoms with Gasteiger partial charge in [-0.05, 0) is 61.6 Å². The summed E-state index contributed by atoms with van der Waals surface area (Å²) in [5, 5.41) is 8.55. The molecule has 0 saturated carbocycles. The number of amides is 2. The maximum atomic E-state index is 14.9. The van der Waals surface area contributed by atoms with Crippen molar-refractivity contribution in [2.24, 2.45) is 5.92 Å². The number of carbonyl (C=O) groups is 2. The van der Waals surface area contributed by atoms with Gasteiger partial charge in [-0.2, -0.15) is 5.10 Å². The molecule has 0 atom stereocenters. The number of nitrogens with zero attached hydrogens (tertiary/aromatic N) is 4. The van der Waals surface area contributed by atoms with E-state index in [0.29, 0.717) is 50.9 Å². The molecule has 10 heteroatoms. The van der Waals surface area contributed by atoms with Gasteiger partial charge in [-0.3, -0.25) is 14.3 Å². The summed E-state index contributed by atoms with van der Waals surface area (Å²) >= 11 is 0. The largest absolute Gasteiger partial charge is 0.383 e. The highest BCUT2D eigenvalue weighted by Gasteiger charge is 2.26. The second-order valence-corrected chi connectivity index (χ2v) is 10.3. The Kier molecular flexibility index (Phi) is 8.42. The number of hydrogen-bond acceptors (Lipinski definition) is 6. The Morgan fingerprint density at radius 1 is 1.10 bits per heavy atom. The van der Waals surface area contributed by atoms with Gasteiger partial charge in [0.25, 0.3) is 11.8 Å². The standard InChI is InChI=1S/C29H36FN5O4/c1-20-23(28(36)31-9-14-38-2)5-6-27-25(20)19-35(32-27)18-21-7-10-34(11-8-21)29(37)24-4-3-22(17-26(24)30)33-12-15-39-16-13-33/h3-6,17,19,21H,7-16,18H2,1-2H3,(H,31,36). The lowest BCUT2D eigenvalue weighted by molar-refractivity contribution is 0.0676. The molecule has 0 aliphatic carbocycles. The second-order valence-electron chi connectivity index (χ2n) is 10.3. The number of carbonyl (C=O) groups excluding carboxylic acids is 2. The molecule has 2 aromatic carbocycles. The molecule has 2 aliphatic heterocycles. The van der Waals surface area contributed by atoms with Gasteiger partial charge in [0.15, 0.2) is 0 Å². The van der Waals surface area contributed by atoms with Gasteiger partial charge in [0, 0.05) is 69.2 Å². The molecule has 1 N–H and O–H groups in total. The molecule has 3 aromatic rings. The van der Waals surface area contributed by atoms with Crippen molar-refractivity contribution in [3.63, 3.8) is 0 Å². The molecule has 0 unspecified atom stereocenters. The number of likely N-dealkylation sites (tertiary alicyclic amines) is 1. The van der Waals surface area contributed by atoms with E-state index in [-0.39, 0.29) is 17.4 Å². The maximum absolute atomic E-state index is 14.9. The van der Waals surface area contributed by atoms with Crippen LogP contribution in [0.15, 0.2) is 36.5 Å². The number of benzene rings is 2. The third kappa shape index (κ3) is 6.07. The average Bonchev–Trinajstić information content (AvgIpc) is 3.37. The summed E-state index contributed by atoms with van der Waals surface area (Å²) in [6.45, 7) is 7.45. The molecule has 2 aliphatic rings. The minimum Gasteiger partial charge on any atom is -0.383 e. The van der Waals surface area contributed by atoms with E-state index in [4.69, 9.17) is 14.6 Å². The van der Waals surface area contributed by atoms with E-state index >= 15 is 0 Å². The zero-order valence-electron chi connectivity index (χ0n) is 22.6. The van der Waals surface area contributed by atoms with E-state index < -0.39 is 5.82 Å². The number of anilines is 1. The first kappa shape index (κ1) is 27.1. The minimum absolute atomic E-state index is 0.122. The number of nitrogens with one attached hydrogen (secondary N) is 1. The van der Waals surface area contributed by atoms with Gasteiger partial charge in [-0.25, -0.2) is 4.39 Å². The monoisotopic (exact) mass is 537 g/mol. The highest BCUT2D eigenvalue weighted by molar-refractivity contribution is 6.00. The fourth-order valence-electron chi connectivity index (χ4n) is 5.43. The number of methoxy groups -OCH3 is 1. The number of hydrogen-bond donors (Lipinski definition) is 1. The van der Waals surface area contributed by atoms with Gasteiger partial charge in [0.1, 0.15) is 5.82 Å². The number of fused-ring (bicyclic) bond motifs is 1. The van der Waals surface area contributed by atoms with Crippen molar-refractivity contribution in [2.45, 2.75) is 26.3 Å². The van der Waals surface area contributed by atoms with Crippen LogP contribution in [0, 0.1) is 18.7 Å². The predicted octanol–water partition coefficient (Wildman–Crippen LogP) is 3.25. The third-order valence-electron chi connectivity index (χ3n) is 7.75. The van der Waals surface area contributed by atoms with Crippen LogP contribution in [0.1, 0.15) is 39.1 Å². The van der Waals surface area contributed by atoms with Crippen molar-refractivity contribution < 1.29 is 23.5 Å².